The van der Waals surface area contributed by atoms with Gasteiger partial charge in [0.05, 0.1) is 5.25 Å². The van der Waals surface area contributed by atoms with E-state index in [9.17, 15) is 8.42 Å². The highest BCUT2D eigenvalue weighted by Gasteiger charge is 2.35. The molecule has 0 amide bonds. The van der Waals surface area contributed by atoms with E-state index >= 15 is 0 Å². The molecule has 0 radical (unpaired) electrons. The molecule has 0 heterocycles. The third-order valence-electron chi connectivity index (χ3n) is 3.71. The van der Waals surface area contributed by atoms with Crippen molar-refractivity contribution in [3.63, 3.8) is 0 Å². The topological polar surface area (TPSA) is 37.4 Å². The van der Waals surface area contributed by atoms with Gasteiger partial charge in [-0.3, -0.25) is 0 Å². The molecular weight excluding hydrogens is 246 g/mol. The first-order valence-electron chi connectivity index (χ1n) is 7.25. The molecule has 0 aromatic carbocycles. The second-order valence-electron chi connectivity index (χ2n) is 6.43. The minimum Gasteiger partial charge on any atom is -0.212 e. The molecule has 1 aliphatic rings. The molecule has 0 N–H and O–H groups in total. The van der Waals surface area contributed by atoms with Crippen molar-refractivity contribution < 1.29 is 8.42 Å². The molecule has 0 aliphatic heterocycles. The summed E-state index contributed by atoms with van der Waals surface area (Å²) in [6, 6.07) is 0.139. The van der Waals surface area contributed by atoms with Crippen molar-refractivity contribution in [1.82, 2.24) is 4.31 Å². The summed E-state index contributed by atoms with van der Waals surface area (Å²) >= 11 is 0. The second-order valence-corrected chi connectivity index (χ2v) is 8.87. The summed E-state index contributed by atoms with van der Waals surface area (Å²) in [5, 5.41) is -0.308. The van der Waals surface area contributed by atoms with Crippen LogP contribution < -0.4 is 0 Å². The third kappa shape index (κ3) is 4.54. The predicted octanol–water partition coefficient (Wildman–Crippen LogP) is 3.26. The minimum atomic E-state index is -3.11. The average Bonchev–Trinajstić information content (AvgIpc) is 3.05. The third-order valence-corrected chi connectivity index (χ3v) is 6.07. The van der Waals surface area contributed by atoms with Crippen LogP contribution in [0.1, 0.15) is 60.3 Å². The molecular formula is C14H29NO2S. The lowest BCUT2D eigenvalue weighted by atomic mass is 10.0. The summed E-state index contributed by atoms with van der Waals surface area (Å²) in [6.45, 7) is 10.7. The van der Waals surface area contributed by atoms with Gasteiger partial charge < -0.3 is 0 Å². The Morgan fingerprint density at radius 2 is 1.61 bits per heavy atom. The van der Waals surface area contributed by atoms with E-state index < -0.39 is 10.0 Å². The second kappa shape index (κ2) is 6.38. The fourth-order valence-corrected chi connectivity index (χ4v) is 3.65. The number of rotatable bonds is 8. The summed E-state index contributed by atoms with van der Waals surface area (Å²) in [7, 11) is -3.11. The lowest BCUT2D eigenvalue weighted by Crippen LogP contribution is -2.43. The van der Waals surface area contributed by atoms with Crippen LogP contribution in [0.3, 0.4) is 0 Å². The minimum absolute atomic E-state index is 0.139. The van der Waals surface area contributed by atoms with Crippen molar-refractivity contribution in [3.05, 3.63) is 0 Å². The van der Waals surface area contributed by atoms with Gasteiger partial charge in [0.25, 0.3) is 0 Å². The molecule has 18 heavy (non-hydrogen) atoms. The number of nitrogens with zero attached hydrogens (tertiary/aromatic N) is 1. The van der Waals surface area contributed by atoms with Gasteiger partial charge in [-0.15, -0.1) is 0 Å². The van der Waals surface area contributed by atoms with Gasteiger partial charge in [-0.2, -0.15) is 4.31 Å². The van der Waals surface area contributed by atoms with Gasteiger partial charge in [-0.05, 0) is 58.3 Å². The summed E-state index contributed by atoms with van der Waals surface area (Å²) in [4.78, 5) is 0. The number of hydrogen-bond acceptors (Lipinski definition) is 2. The molecule has 0 unspecified atom stereocenters. The van der Waals surface area contributed by atoms with Gasteiger partial charge in [0.2, 0.25) is 10.0 Å². The number of sulfonamides is 1. The fourth-order valence-electron chi connectivity index (χ4n) is 2.08. The Balaban J connectivity index is 2.70. The zero-order chi connectivity index (χ0) is 13.9. The molecule has 0 saturated heterocycles. The normalized spacial score (nSPS) is 18.9. The van der Waals surface area contributed by atoms with Crippen molar-refractivity contribution in [2.75, 3.05) is 6.54 Å². The lowest BCUT2D eigenvalue weighted by Gasteiger charge is -2.30. The first-order valence-corrected chi connectivity index (χ1v) is 8.76. The van der Waals surface area contributed by atoms with E-state index in [-0.39, 0.29) is 11.3 Å². The van der Waals surface area contributed by atoms with Gasteiger partial charge in [0, 0.05) is 12.6 Å². The van der Waals surface area contributed by atoms with E-state index in [1.54, 1.807) is 18.2 Å². The Kier molecular flexibility index (Phi) is 5.66. The van der Waals surface area contributed by atoms with Gasteiger partial charge in [-0.1, -0.05) is 13.8 Å². The summed E-state index contributed by atoms with van der Waals surface area (Å²) in [5.74, 6) is 1.25. The SMILES string of the molecule is CC(C)CC[C@@H](C)N(CC1CC1)S(=O)(=O)C(C)C. The Morgan fingerprint density at radius 1 is 1.06 bits per heavy atom. The highest BCUT2D eigenvalue weighted by molar-refractivity contribution is 7.89. The van der Waals surface area contributed by atoms with Gasteiger partial charge in [0.1, 0.15) is 0 Å². The Labute approximate surface area is 113 Å². The van der Waals surface area contributed by atoms with Crippen LogP contribution in [0.2, 0.25) is 0 Å². The van der Waals surface area contributed by atoms with Crippen LogP contribution in [0, 0.1) is 11.8 Å². The van der Waals surface area contributed by atoms with E-state index in [4.69, 9.17) is 0 Å². The molecule has 1 saturated carbocycles. The standard InChI is InChI=1S/C14H29NO2S/c1-11(2)6-7-13(5)15(10-14-8-9-14)18(16,17)12(3)4/h11-14H,6-10H2,1-5H3/t13-/m1/s1. The maximum Gasteiger partial charge on any atom is 0.216 e. The van der Waals surface area contributed by atoms with Crippen molar-refractivity contribution in [2.24, 2.45) is 11.8 Å². The molecule has 1 fully saturated rings. The van der Waals surface area contributed by atoms with Crippen LogP contribution in [0.25, 0.3) is 0 Å². The zero-order valence-corrected chi connectivity index (χ0v) is 13.3. The van der Waals surface area contributed by atoms with Gasteiger partial charge >= 0.3 is 0 Å². The lowest BCUT2D eigenvalue weighted by molar-refractivity contribution is 0.295. The largest absolute Gasteiger partial charge is 0.216 e. The van der Waals surface area contributed by atoms with Crippen LogP contribution >= 0.6 is 0 Å². The maximum atomic E-state index is 12.4. The Hall–Kier alpha value is -0.0900. The highest BCUT2D eigenvalue weighted by Crippen LogP contribution is 2.32. The van der Waals surface area contributed by atoms with E-state index in [0.29, 0.717) is 11.8 Å². The fraction of sp³-hybridized carbons (Fsp3) is 1.00. The first kappa shape index (κ1) is 16.0. The van der Waals surface area contributed by atoms with Crippen LogP contribution in [0.15, 0.2) is 0 Å². The van der Waals surface area contributed by atoms with Crippen LogP contribution in [0.4, 0.5) is 0 Å². The van der Waals surface area contributed by atoms with Crippen molar-refractivity contribution in [3.8, 4) is 0 Å². The van der Waals surface area contributed by atoms with E-state index in [0.717, 1.165) is 19.4 Å². The summed E-state index contributed by atoms with van der Waals surface area (Å²) in [5.41, 5.74) is 0. The first-order chi connectivity index (χ1) is 8.25. The van der Waals surface area contributed by atoms with Gasteiger partial charge in [0.15, 0.2) is 0 Å². The van der Waals surface area contributed by atoms with Crippen LogP contribution in [-0.2, 0) is 10.0 Å². The Bertz CT molecular complexity index is 345. The average molecular weight is 275 g/mol. The van der Waals surface area contributed by atoms with E-state index in [1.807, 2.05) is 0 Å². The molecule has 0 aromatic rings. The van der Waals surface area contributed by atoms with Crippen LogP contribution in [-0.4, -0.2) is 30.6 Å². The predicted molar refractivity (Wildman–Crippen MR) is 77.0 cm³/mol. The molecule has 0 bridgehead atoms. The van der Waals surface area contributed by atoms with Gasteiger partial charge in [-0.25, -0.2) is 8.42 Å². The molecule has 0 aromatic heterocycles. The van der Waals surface area contributed by atoms with Crippen LogP contribution in [0.5, 0.6) is 0 Å². The summed E-state index contributed by atoms with van der Waals surface area (Å²) < 4.78 is 26.6. The molecule has 4 heteroatoms. The monoisotopic (exact) mass is 275 g/mol. The maximum absolute atomic E-state index is 12.4. The molecule has 0 spiro atoms. The molecule has 1 aliphatic carbocycles. The molecule has 3 nitrogen and oxygen atoms in total. The van der Waals surface area contributed by atoms with Crippen molar-refractivity contribution in [2.45, 2.75) is 71.6 Å². The smallest absolute Gasteiger partial charge is 0.212 e. The summed E-state index contributed by atoms with van der Waals surface area (Å²) in [6.07, 6.45) is 4.45. The van der Waals surface area contributed by atoms with Crippen molar-refractivity contribution >= 4 is 10.0 Å². The molecule has 108 valence electrons. The molecule has 1 rings (SSSR count). The van der Waals surface area contributed by atoms with E-state index in [2.05, 4.69) is 20.8 Å². The van der Waals surface area contributed by atoms with Crippen molar-refractivity contribution in [1.29, 1.82) is 0 Å². The van der Waals surface area contributed by atoms with E-state index in [1.165, 1.54) is 12.8 Å². The molecule has 1 atom stereocenters. The zero-order valence-electron chi connectivity index (χ0n) is 12.5. The highest BCUT2D eigenvalue weighted by atomic mass is 32.2. The Morgan fingerprint density at radius 3 is 2.00 bits per heavy atom. The number of hydrogen-bond donors (Lipinski definition) is 0. The quantitative estimate of drug-likeness (QED) is 0.682.